The van der Waals surface area contributed by atoms with Gasteiger partial charge in [-0.15, -0.1) is 11.3 Å². The van der Waals surface area contributed by atoms with Crippen molar-refractivity contribution in [2.75, 3.05) is 5.32 Å². The summed E-state index contributed by atoms with van der Waals surface area (Å²) in [5, 5.41) is 8.97. The van der Waals surface area contributed by atoms with Crippen molar-refractivity contribution in [1.29, 1.82) is 0 Å². The highest BCUT2D eigenvalue weighted by molar-refractivity contribution is 9.11. The monoisotopic (exact) mass is 425 g/mol. The maximum Gasteiger partial charge on any atom is 0.266 e. The summed E-state index contributed by atoms with van der Waals surface area (Å²) in [6.45, 7) is 0. The first-order valence-corrected chi connectivity index (χ1v) is 8.45. The summed E-state index contributed by atoms with van der Waals surface area (Å²) >= 11 is 8.22. The van der Waals surface area contributed by atoms with Crippen LogP contribution < -0.4 is 5.32 Å². The van der Waals surface area contributed by atoms with Gasteiger partial charge in [0.05, 0.1) is 23.8 Å². The van der Waals surface area contributed by atoms with E-state index in [9.17, 15) is 4.79 Å². The van der Waals surface area contributed by atoms with E-state index in [0.717, 1.165) is 14.6 Å². The van der Waals surface area contributed by atoms with Gasteiger partial charge in [-0.1, -0.05) is 12.1 Å². The molecule has 0 aliphatic carbocycles. The maximum absolute atomic E-state index is 12.1. The average Bonchev–Trinajstić information content (AvgIpc) is 3.08. The molecule has 0 atom stereocenters. The molecule has 0 fully saturated rings. The van der Waals surface area contributed by atoms with E-state index in [-0.39, 0.29) is 5.91 Å². The highest BCUT2D eigenvalue weighted by atomic mass is 79.9. The Hall–Kier alpha value is -1.44. The quantitative estimate of drug-likeness (QED) is 0.659. The number of rotatable bonds is 3. The number of benzene rings is 1. The summed E-state index contributed by atoms with van der Waals surface area (Å²) in [5.41, 5.74) is 1.56. The molecule has 1 amide bonds. The van der Waals surface area contributed by atoms with Crippen molar-refractivity contribution in [2.24, 2.45) is 0 Å². The molecule has 2 heterocycles. The van der Waals surface area contributed by atoms with Crippen LogP contribution in [0.4, 0.5) is 5.69 Å². The predicted octanol–water partition coefficient (Wildman–Crippen LogP) is 4.71. The second kappa shape index (κ2) is 6.13. The highest BCUT2D eigenvalue weighted by Crippen LogP contribution is 2.24. The second-order valence-corrected chi connectivity index (χ2v) is 6.80. The van der Waals surface area contributed by atoms with E-state index in [1.165, 1.54) is 11.3 Å². The molecule has 7 heteroatoms. The summed E-state index contributed by atoms with van der Waals surface area (Å²) in [6, 6.07) is 9.61. The van der Waals surface area contributed by atoms with Gasteiger partial charge in [-0.25, -0.2) is 4.68 Å². The van der Waals surface area contributed by atoms with Crippen LogP contribution in [0.2, 0.25) is 0 Å². The molecule has 3 rings (SSSR count). The molecule has 0 bridgehead atoms. The van der Waals surface area contributed by atoms with E-state index in [1.807, 2.05) is 35.7 Å². The Bertz CT molecular complexity index is 797. The Balaban J connectivity index is 1.82. The Morgan fingerprint density at radius 2 is 2.00 bits per heavy atom. The first kappa shape index (κ1) is 14.5. The van der Waals surface area contributed by atoms with Gasteiger partial charge in [-0.3, -0.25) is 4.79 Å². The minimum absolute atomic E-state index is 0.149. The Labute approximate surface area is 142 Å². The Morgan fingerprint density at radius 3 is 2.71 bits per heavy atom. The molecule has 0 unspecified atom stereocenters. The Kier molecular flexibility index (Phi) is 4.23. The molecule has 0 spiro atoms. The summed E-state index contributed by atoms with van der Waals surface area (Å²) in [7, 11) is 0. The first-order chi connectivity index (χ1) is 10.1. The van der Waals surface area contributed by atoms with Crippen molar-refractivity contribution < 1.29 is 4.79 Å². The highest BCUT2D eigenvalue weighted by Gasteiger charge is 2.13. The zero-order valence-electron chi connectivity index (χ0n) is 10.6. The molecular weight excluding hydrogens is 418 g/mol. The number of nitrogens with one attached hydrogen (secondary N) is 1. The number of nitrogens with zero attached hydrogens (tertiary/aromatic N) is 2. The van der Waals surface area contributed by atoms with Gasteiger partial charge >= 0.3 is 0 Å². The van der Waals surface area contributed by atoms with Crippen LogP contribution in [0.25, 0.3) is 5.69 Å². The maximum atomic E-state index is 12.1. The molecule has 1 aromatic carbocycles. The van der Waals surface area contributed by atoms with Crippen LogP contribution in [0.5, 0.6) is 0 Å². The number of carbonyl (C=O) groups excluding carboxylic acids is 1. The van der Waals surface area contributed by atoms with Crippen molar-refractivity contribution in [3.8, 4) is 5.69 Å². The molecule has 106 valence electrons. The molecular formula is C14H9Br2N3OS. The van der Waals surface area contributed by atoms with Crippen LogP contribution in [0.1, 0.15) is 9.67 Å². The van der Waals surface area contributed by atoms with Gasteiger partial charge in [0.2, 0.25) is 0 Å². The smallest absolute Gasteiger partial charge is 0.266 e. The van der Waals surface area contributed by atoms with Crippen LogP contribution in [-0.4, -0.2) is 15.7 Å². The molecule has 0 aliphatic rings. The molecule has 0 saturated heterocycles. The van der Waals surface area contributed by atoms with Crippen molar-refractivity contribution >= 4 is 54.8 Å². The third-order valence-electron chi connectivity index (χ3n) is 2.76. The molecule has 1 N–H and O–H groups in total. The van der Waals surface area contributed by atoms with Crippen LogP contribution in [0.15, 0.2) is 57.1 Å². The lowest BCUT2D eigenvalue weighted by atomic mass is 10.3. The third kappa shape index (κ3) is 3.09. The second-order valence-electron chi connectivity index (χ2n) is 4.18. The summed E-state index contributed by atoms with van der Waals surface area (Å²) < 4.78 is 3.44. The van der Waals surface area contributed by atoms with Crippen molar-refractivity contribution in [3.05, 3.63) is 61.9 Å². The van der Waals surface area contributed by atoms with Crippen LogP contribution in [-0.2, 0) is 0 Å². The number of para-hydroxylation sites is 1. The zero-order chi connectivity index (χ0) is 14.8. The fourth-order valence-electron chi connectivity index (χ4n) is 1.80. The molecule has 4 nitrogen and oxygen atoms in total. The van der Waals surface area contributed by atoms with Gasteiger partial charge in [0, 0.05) is 8.95 Å². The largest absolute Gasteiger partial charge is 0.319 e. The van der Waals surface area contributed by atoms with Crippen molar-refractivity contribution in [2.45, 2.75) is 0 Å². The fourth-order valence-corrected chi connectivity index (χ4v) is 3.71. The van der Waals surface area contributed by atoms with Crippen LogP contribution >= 0.6 is 43.2 Å². The minimum Gasteiger partial charge on any atom is -0.319 e. The van der Waals surface area contributed by atoms with Crippen molar-refractivity contribution in [3.63, 3.8) is 0 Å². The van der Waals surface area contributed by atoms with Gasteiger partial charge in [0.15, 0.2) is 0 Å². The van der Waals surface area contributed by atoms with Crippen LogP contribution in [0, 0.1) is 0 Å². The van der Waals surface area contributed by atoms with E-state index in [1.54, 1.807) is 17.1 Å². The summed E-state index contributed by atoms with van der Waals surface area (Å²) in [4.78, 5) is 12.8. The lowest BCUT2D eigenvalue weighted by Crippen LogP contribution is -2.10. The van der Waals surface area contributed by atoms with Gasteiger partial charge in [0.25, 0.3) is 5.91 Å². The van der Waals surface area contributed by atoms with Crippen molar-refractivity contribution in [1.82, 2.24) is 9.78 Å². The van der Waals surface area contributed by atoms with E-state index in [2.05, 4.69) is 42.3 Å². The van der Waals surface area contributed by atoms with Crippen LogP contribution in [0.3, 0.4) is 0 Å². The average molecular weight is 427 g/mol. The van der Waals surface area contributed by atoms with E-state index in [0.29, 0.717) is 10.6 Å². The molecule has 0 saturated carbocycles. The number of carbonyl (C=O) groups is 1. The lowest BCUT2D eigenvalue weighted by Gasteiger charge is -2.03. The van der Waals surface area contributed by atoms with Gasteiger partial charge in [0.1, 0.15) is 4.88 Å². The fraction of sp³-hybridized carbons (Fsp3) is 0. The molecule has 21 heavy (non-hydrogen) atoms. The number of amides is 1. The molecule has 0 aliphatic heterocycles. The van der Waals surface area contributed by atoms with Gasteiger partial charge in [-0.05, 0) is 55.4 Å². The van der Waals surface area contributed by atoms with Gasteiger partial charge in [-0.2, -0.15) is 5.10 Å². The normalized spacial score (nSPS) is 10.6. The number of aromatic nitrogens is 2. The topological polar surface area (TPSA) is 46.9 Å². The number of hydrogen-bond donors (Lipinski definition) is 1. The number of halogens is 2. The third-order valence-corrected chi connectivity index (χ3v) is 5.27. The summed E-state index contributed by atoms with van der Waals surface area (Å²) in [6.07, 6.45) is 3.40. The molecule has 3 aromatic rings. The SMILES string of the molecule is O=C(Nc1cnn(-c2ccccc2Br)c1)c1sccc1Br. The molecule has 2 aromatic heterocycles. The number of hydrogen-bond acceptors (Lipinski definition) is 3. The predicted molar refractivity (Wildman–Crippen MR) is 91.2 cm³/mol. The summed E-state index contributed by atoms with van der Waals surface area (Å²) in [5.74, 6) is -0.149. The van der Waals surface area contributed by atoms with E-state index < -0.39 is 0 Å². The van der Waals surface area contributed by atoms with E-state index >= 15 is 0 Å². The minimum atomic E-state index is -0.149. The molecule has 0 radical (unpaired) electrons. The standard InChI is InChI=1S/C14H9Br2N3OS/c15-10-3-1-2-4-12(10)19-8-9(7-17-19)18-14(20)13-11(16)5-6-21-13/h1-8H,(H,18,20). The van der Waals surface area contributed by atoms with E-state index in [4.69, 9.17) is 0 Å². The zero-order valence-corrected chi connectivity index (χ0v) is 14.6. The number of thiophene rings is 1. The first-order valence-electron chi connectivity index (χ1n) is 5.99. The van der Waals surface area contributed by atoms with Gasteiger partial charge < -0.3 is 5.32 Å². The Morgan fingerprint density at radius 1 is 1.19 bits per heavy atom. The lowest BCUT2D eigenvalue weighted by molar-refractivity contribution is 0.103. The number of anilines is 1.